The van der Waals surface area contributed by atoms with Crippen molar-refractivity contribution in [2.75, 3.05) is 19.5 Å². The summed E-state index contributed by atoms with van der Waals surface area (Å²) < 4.78 is 4.50. The van der Waals surface area contributed by atoms with Crippen molar-refractivity contribution < 1.29 is 28.7 Å². The van der Waals surface area contributed by atoms with Crippen LogP contribution in [-0.2, 0) is 19.1 Å². The SMILES string of the molecule is CNC(=O)C(=O)[C@H](C[C@@H]1C[C@@H](C)NC1=O)NC(=O)c1nc(Cl)ccc1NC(=O)OC. The van der Waals surface area contributed by atoms with Gasteiger partial charge in [0.2, 0.25) is 11.7 Å². The fourth-order valence-electron chi connectivity index (χ4n) is 3.05. The summed E-state index contributed by atoms with van der Waals surface area (Å²) in [5.41, 5.74) is -0.297. The lowest BCUT2D eigenvalue weighted by Crippen LogP contribution is -2.48. The first-order chi connectivity index (χ1) is 14.2. The molecule has 1 fully saturated rings. The van der Waals surface area contributed by atoms with Crippen LogP contribution in [-0.4, -0.2) is 60.8 Å². The molecule has 0 radical (unpaired) electrons. The monoisotopic (exact) mass is 439 g/mol. The molecule has 0 bridgehead atoms. The van der Waals surface area contributed by atoms with Gasteiger partial charge in [-0.15, -0.1) is 0 Å². The Balaban J connectivity index is 2.28. The van der Waals surface area contributed by atoms with Crippen LogP contribution in [0, 0.1) is 5.92 Å². The fraction of sp³-hybridized carbons (Fsp3) is 0.444. The number of ether oxygens (including phenoxy) is 1. The molecule has 2 rings (SSSR count). The van der Waals surface area contributed by atoms with Crippen molar-refractivity contribution in [1.29, 1.82) is 0 Å². The van der Waals surface area contributed by atoms with Gasteiger partial charge in [-0.2, -0.15) is 0 Å². The number of nitrogens with one attached hydrogen (secondary N) is 4. The Morgan fingerprint density at radius 3 is 2.60 bits per heavy atom. The molecule has 11 nitrogen and oxygen atoms in total. The molecule has 1 aliphatic heterocycles. The molecule has 0 aliphatic carbocycles. The van der Waals surface area contributed by atoms with Gasteiger partial charge in [-0.3, -0.25) is 24.5 Å². The van der Waals surface area contributed by atoms with E-state index in [0.29, 0.717) is 6.42 Å². The van der Waals surface area contributed by atoms with Crippen LogP contribution in [0.3, 0.4) is 0 Å². The Morgan fingerprint density at radius 2 is 2.03 bits per heavy atom. The van der Waals surface area contributed by atoms with Crippen LogP contribution in [0.4, 0.5) is 10.5 Å². The summed E-state index contributed by atoms with van der Waals surface area (Å²) in [6, 6.07) is 1.31. The molecular weight excluding hydrogens is 418 g/mol. The summed E-state index contributed by atoms with van der Waals surface area (Å²) in [4.78, 5) is 64.7. The number of rotatable bonds is 7. The van der Waals surface area contributed by atoms with Gasteiger partial charge in [0.05, 0.1) is 18.8 Å². The van der Waals surface area contributed by atoms with Crippen molar-refractivity contribution in [2.45, 2.75) is 31.8 Å². The minimum atomic E-state index is -1.29. The van der Waals surface area contributed by atoms with E-state index >= 15 is 0 Å². The normalized spacial score (nSPS) is 18.7. The molecule has 0 saturated carbocycles. The molecule has 12 heteroatoms. The van der Waals surface area contributed by atoms with E-state index in [1.807, 2.05) is 6.92 Å². The van der Waals surface area contributed by atoms with E-state index in [0.717, 1.165) is 7.11 Å². The summed E-state index contributed by atoms with van der Waals surface area (Å²) in [5, 5.41) is 9.65. The number of carbonyl (C=O) groups is 5. The number of anilines is 1. The average Bonchev–Trinajstić information content (AvgIpc) is 3.03. The van der Waals surface area contributed by atoms with Gasteiger partial charge in [-0.05, 0) is 31.9 Å². The molecule has 4 amide bonds. The second-order valence-corrected chi connectivity index (χ2v) is 7.08. The number of aromatic nitrogens is 1. The highest BCUT2D eigenvalue weighted by molar-refractivity contribution is 6.38. The van der Waals surface area contributed by atoms with Crippen LogP contribution in [0.1, 0.15) is 30.3 Å². The number of halogens is 1. The van der Waals surface area contributed by atoms with Gasteiger partial charge in [0.15, 0.2) is 5.69 Å². The second kappa shape index (κ2) is 10.0. The third-order valence-electron chi connectivity index (χ3n) is 4.49. The molecule has 162 valence electrons. The van der Waals surface area contributed by atoms with Crippen molar-refractivity contribution in [2.24, 2.45) is 5.92 Å². The maximum absolute atomic E-state index is 12.8. The summed E-state index contributed by atoms with van der Waals surface area (Å²) >= 11 is 5.86. The van der Waals surface area contributed by atoms with E-state index in [4.69, 9.17) is 11.6 Å². The molecule has 1 aromatic rings. The highest BCUT2D eigenvalue weighted by Gasteiger charge is 2.36. The topological polar surface area (TPSA) is 156 Å². The third-order valence-corrected chi connectivity index (χ3v) is 4.70. The number of hydrogen-bond acceptors (Lipinski definition) is 7. The van der Waals surface area contributed by atoms with Crippen molar-refractivity contribution >= 4 is 46.9 Å². The highest BCUT2D eigenvalue weighted by atomic mass is 35.5. The number of amides is 4. The predicted molar refractivity (Wildman–Crippen MR) is 106 cm³/mol. The Labute approximate surface area is 177 Å². The Morgan fingerprint density at radius 1 is 1.33 bits per heavy atom. The van der Waals surface area contributed by atoms with Crippen LogP contribution in [0.5, 0.6) is 0 Å². The summed E-state index contributed by atoms with van der Waals surface area (Å²) in [5.74, 6) is -3.52. The second-order valence-electron chi connectivity index (χ2n) is 6.69. The quantitative estimate of drug-likeness (QED) is 0.350. The lowest BCUT2D eigenvalue weighted by Gasteiger charge is -2.20. The molecule has 0 spiro atoms. The van der Waals surface area contributed by atoms with Gasteiger partial charge in [0.25, 0.3) is 11.8 Å². The smallest absolute Gasteiger partial charge is 0.411 e. The van der Waals surface area contributed by atoms with Crippen LogP contribution in [0.15, 0.2) is 12.1 Å². The molecule has 1 aromatic heterocycles. The number of pyridine rings is 1. The third kappa shape index (κ3) is 5.66. The molecule has 3 atom stereocenters. The summed E-state index contributed by atoms with van der Waals surface area (Å²) in [6.07, 6.45) is -0.464. The first-order valence-electron chi connectivity index (χ1n) is 9.04. The van der Waals surface area contributed by atoms with E-state index in [2.05, 4.69) is 31.0 Å². The molecular formula is C18H22ClN5O6. The van der Waals surface area contributed by atoms with Gasteiger partial charge in [-0.25, -0.2) is 9.78 Å². The van der Waals surface area contributed by atoms with E-state index in [1.165, 1.54) is 19.2 Å². The van der Waals surface area contributed by atoms with Gasteiger partial charge in [-0.1, -0.05) is 11.6 Å². The number of likely N-dealkylation sites (N-methyl/N-ethyl adjacent to an activating group) is 1. The largest absolute Gasteiger partial charge is 0.453 e. The molecule has 0 unspecified atom stereocenters. The van der Waals surface area contributed by atoms with Crippen LogP contribution >= 0.6 is 11.6 Å². The molecule has 2 heterocycles. The fourth-order valence-corrected chi connectivity index (χ4v) is 3.20. The standard InChI is InChI=1S/C18H22ClN5O6/c1-8-6-9(15(26)21-8)7-11(14(25)17(28)20-2)22-16(27)13-10(23-18(29)30-3)4-5-12(19)24-13/h4-5,8-9,11H,6-7H2,1-3H3,(H,20,28)(H,21,26)(H,22,27)(H,23,29)/t8-,9+,11+/m1/s1. The number of methoxy groups -OCH3 is 1. The predicted octanol–water partition coefficient (Wildman–Crippen LogP) is 0.241. The molecule has 1 aliphatic rings. The van der Waals surface area contributed by atoms with E-state index in [1.54, 1.807) is 0 Å². The van der Waals surface area contributed by atoms with Crippen LogP contribution in [0.25, 0.3) is 0 Å². The Hall–Kier alpha value is -3.21. The lowest BCUT2D eigenvalue weighted by molar-refractivity contribution is -0.139. The van der Waals surface area contributed by atoms with Crippen molar-refractivity contribution in [1.82, 2.24) is 20.9 Å². The van der Waals surface area contributed by atoms with Gasteiger partial charge in [0.1, 0.15) is 5.15 Å². The maximum atomic E-state index is 12.8. The zero-order chi connectivity index (χ0) is 22.4. The van der Waals surface area contributed by atoms with E-state index < -0.39 is 35.7 Å². The van der Waals surface area contributed by atoms with Crippen molar-refractivity contribution in [3.05, 3.63) is 23.0 Å². The highest BCUT2D eigenvalue weighted by Crippen LogP contribution is 2.22. The average molecular weight is 440 g/mol. The maximum Gasteiger partial charge on any atom is 0.411 e. The first-order valence-corrected chi connectivity index (χ1v) is 9.42. The summed E-state index contributed by atoms with van der Waals surface area (Å²) in [6.45, 7) is 1.81. The van der Waals surface area contributed by atoms with Crippen molar-refractivity contribution in [3.63, 3.8) is 0 Å². The molecule has 30 heavy (non-hydrogen) atoms. The zero-order valence-corrected chi connectivity index (χ0v) is 17.3. The molecule has 1 saturated heterocycles. The molecule has 4 N–H and O–H groups in total. The minimum Gasteiger partial charge on any atom is -0.453 e. The lowest BCUT2D eigenvalue weighted by atomic mass is 9.94. The minimum absolute atomic E-state index is 0.0119. The van der Waals surface area contributed by atoms with E-state index in [9.17, 15) is 24.0 Å². The van der Waals surface area contributed by atoms with Crippen LogP contribution in [0.2, 0.25) is 5.15 Å². The molecule has 0 aromatic carbocycles. The van der Waals surface area contributed by atoms with E-state index in [-0.39, 0.29) is 34.9 Å². The van der Waals surface area contributed by atoms with Crippen molar-refractivity contribution in [3.8, 4) is 0 Å². The van der Waals surface area contributed by atoms with Gasteiger partial charge >= 0.3 is 6.09 Å². The number of carbonyl (C=O) groups excluding carboxylic acids is 5. The van der Waals surface area contributed by atoms with Gasteiger partial charge in [0, 0.05) is 19.0 Å². The number of ketones is 1. The zero-order valence-electron chi connectivity index (χ0n) is 16.6. The number of hydrogen-bond donors (Lipinski definition) is 4. The number of Topliss-reactive ketones (excluding diaryl/α,β-unsaturated/α-hetero) is 1. The first kappa shape index (κ1) is 23.1. The Bertz CT molecular complexity index is 877. The summed E-state index contributed by atoms with van der Waals surface area (Å²) in [7, 11) is 2.42. The van der Waals surface area contributed by atoms with Gasteiger partial charge < -0.3 is 20.7 Å². The number of nitrogens with zero attached hydrogens (tertiary/aromatic N) is 1. The Kier molecular flexibility index (Phi) is 7.70. The van der Waals surface area contributed by atoms with Crippen LogP contribution < -0.4 is 21.3 Å².